The lowest BCUT2D eigenvalue weighted by atomic mass is 10.2. The van der Waals surface area contributed by atoms with E-state index < -0.39 is 16.1 Å². The van der Waals surface area contributed by atoms with Gasteiger partial charge in [-0.3, -0.25) is 9.52 Å². The predicted octanol–water partition coefficient (Wildman–Crippen LogP) is 2.88. The summed E-state index contributed by atoms with van der Waals surface area (Å²) in [6.45, 7) is 2.79. The van der Waals surface area contributed by atoms with Gasteiger partial charge >= 0.3 is 6.09 Å². The summed E-state index contributed by atoms with van der Waals surface area (Å²) < 4.78 is 28.1. The number of carbonyl (C=O) groups is 2. The predicted molar refractivity (Wildman–Crippen MR) is 111 cm³/mol. The largest absolute Gasteiger partial charge is 0.465 e. The normalized spacial score (nSPS) is 14.7. The number of nitrogens with one attached hydrogen (secondary N) is 1. The van der Waals surface area contributed by atoms with E-state index in [1.165, 1.54) is 22.3 Å². The lowest BCUT2D eigenvalue weighted by molar-refractivity contribution is -0.131. The number of carbonyl (C=O) groups excluding carboxylic acids is 1. The Hall–Kier alpha value is -2.30. The zero-order chi connectivity index (χ0) is 21.2. The summed E-state index contributed by atoms with van der Waals surface area (Å²) in [5.74, 6) is -0.170. The van der Waals surface area contributed by atoms with Crippen LogP contribution in [0.4, 0.5) is 10.5 Å². The van der Waals surface area contributed by atoms with Crippen LogP contribution in [0.15, 0.2) is 34.5 Å². The van der Waals surface area contributed by atoms with Crippen molar-refractivity contribution in [2.24, 2.45) is 0 Å². The van der Waals surface area contributed by atoms with Crippen molar-refractivity contribution in [3.05, 3.63) is 45.1 Å². The molecule has 0 unspecified atom stereocenters. The highest BCUT2D eigenvalue weighted by Crippen LogP contribution is 2.29. The number of sulfonamides is 1. The molecule has 0 aliphatic carbocycles. The van der Waals surface area contributed by atoms with E-state index >= 15 is 0 Å². The summed E-state index contributed by atoms with van der Waals surface area (Å²) in [6.07, 6.45) is -0.958. The average molecular weight is 458 g/mol. The van der Waals surface area contributed by atoms with Gasteiger partial charge in [0.15, 0.2) is 0 Å². The fraction of sp³-hybridized carbons (Fsp3) is 0.333. The summed E-state index contributed by atoms with van der Waals surface area (Å²) in [7, 11) is -3.86. The van der Waals surface area contributed by atoms with Crippen LogP contribution in [0.1, 0.15) is 10.4 Å². The van der Waals surface area contributed by atoms with Crippen molar-refractivity contribution in [1.82, 2.24) is 9.80 Å². The van der Waals surface area contributed by atoms with Gasteiger partial charge < -0.3 is 14.9 Å². The molecule has 2 N–H and O–H groups in total. The number of rotatable bonds is 5. The second-order valence-electron chi connectivity index (χ2n) is 6.55. The third-order valence-corrected chi connectivity index (χ3v) is 7.55. The number of nitrogens with zero attached hydrogens (tertiary/aromatic N) is 2. The number of halogens is 1. The van der Waals surface area contributed by atoms with Crippen LogP contribution < -0.4 is 4.72 Å². The molecule has 3 rings (SSSR count). The second-order valence-corrected chi connectivity index (χ2v) is 9.61. The van der Waals surface area contributed by atoms with Gasteiger partial charge in [0.05, 0.1) is 17.0 Å². The maximum Gasteiger partial charge on any atom is 0.407 e. The Labute approximate surface area is 177 Å². The van der Waals surface area contributed by atoms with Crippen molar-refractivity contribution in [3.63, 3.8) is 0 Å². The van der Waals surface area contributed by atoms with Crippen LogP contribution in [-0.4, -0.2) is 61.5 Å². The Morgan fingerprint density at radius 1 is 1.17 bits per heavy atom. The highest BCUT2D eigenvalue weighted by Gasteiger charge is 2.25. The maximum atomic E-state index is 12.8. The summed E-state index contributed by atoms with van der Waals surface area (Å²) in [5, 5.41) is 11.1. The molecule has 29 heavy (non-hydrogen) atoms. The molecule has 0 saturated carbocycles. The number of anilines is 1. The lowest BCUT2D eigenvalue weighted by Gasteiger charge is -2.33. The van der Waals surface area contributed by atoms with E-state index in [0.717, 1.165) is 0 Å². The van der Waals surface area contributed by atoms with Crippen LogP contribution in [-0.2, 0) is 21.2 Å². The first-order chi connectivity index (χ1) is 13.7. The molecule has 0 spiro atoms. The Bertz CT molecular complexity index is 1030. The van der Waals surface area contributed by atoms with Crippen molar-refractivity contribution in [2.45, 2.75) is 18.2 Å². The number of amides is 2. The number of carboxylic acid groups (broad SMARTS) is 1. The summed E-state index contributed by atoms with van der Waals surface area (Å²) in [4.78, 5) is 27.1. The smallest absolute Gasteiger partial charge is 0.407 e. The molecule has 0 radical (unpaired) electrons. The number of benzene rings is 1. The molecule has 1 saturated heterocycles. The maximum absolute atomic E-state index is 12.8. The number of hydrogen-bond donors (Lipinski definition) is 2. The van der Waals surface area contributed by atoms with Crippen LogP contribution in [0, 0.1) is 6.92 Å². The van der Waals surface area contributed by atoms with Crippen LogP contribution in [0.25, 0.3) is 0 Å². The molecule has 1 aliphatic heterocycles. The molecule has 8 nitrogen and oxygen atoms in total. The highest BCUT2D eigenvalue weighted by atomic mass is 35.5. The van der Waals surface area contributed by atoms with E-state index in [0.29, 0.717) is 34.2 Å². The van der Waals surface area contributed by atoms with Crippen LogP contribution in [0.3, 0.4) is 0 Å². The van der Waals surface area contributed by atoms with Gasteiger partial charge in [-0.1, -0.05) is 17.7 Å². The van der Waals surface area contributed by atoms with Crippen LogP contribution in [0.2, 0.25) is 5.02 Å². The van der Waals surface area contributed by atoms with Gasteiger partial charge in [-0.15, -0.1) is 11.3 Å². The summed E-state index contributed by atoms with van der Waals surface area (Å²) in [6, 6.07) is 6.28. The molecule has 0 atom stereocenters. The van der Waals surface area contributed by atoms with E-state index in [4.69, 9.17) is 16.7 Å². The van der Waals surface area contributed by atoms with E-state index in [1.807, 2.05) is 0 Å². The lowest BCUT2D eigenvalue weighted by Crippen LogP contribution is -2.50. The molecule has 1 aromatic heterocycles. The van der Waals surface area contributed by atoms with Gasteiger partial charge in [-0.05, 0) is 36.1 Å². The molecule has 2 amide bonds. The van der Waals surface area contributed by atoms with E-state index in [1.54, 1.807) is 35.4 Å². The molecule has 0 bridgehead atoms. The quantitative estimate of drug-likeness (QED) is 0.717. The van der Waals surface area contributed by atoms with Gasteiger partial charge in [0.2, 0.25) is 5.91 Å². The van der Waals surface area contributed by atoms with Gasteiger partial charge in [0.25, 0.3) is 10.0 Å². The fourth-order valence-corrected chi connectivity index (χ4v) is 5.52. The molecule has 11 heteroatoms. The summed E-state index contributed by atoms with van der Waals surface area (Å²) in [5.41, 5.74) is 0.803. The van der Waals surface area contributed by atoms with E-state index in [-0.39, 0.29) is 30.3 Å². The summed E-state index contributed by atoms with van der Waals surface area (Å²) >= 11 is 7.32. The standard InChI is InChI=1S/C18H20ClN3O5S2/c1-12-13(19)3-2-4-16(12)29(26,27)20-14-5-10-28-15(14)11-17(23)21-6-8-22(9-7-21)18(24)25/h2-5,10,20H,6-9,11H2,1H3,(H,24,25). The molecular weight excluding hydrogens is 438 g/mol. The first-order valence-corrected chi connectivity index (χ1v) is 11.5. The van der Waals surface area contributed by atoms with Crippen molar-refractivity contribution < 1.29 is 23.1 Å². The Balaban J connectivity index is 1.70. The average Bonchev–Trinajstić information content (AvgIpc) is 3.09. The SMILES string of the molecule is Cc1c(Cl)cccc1S(=O)(=O)Nc1ccsc1CC(=O)N1CCN(C(=O)O)CC1. The minimum atomic E-state index is -3.86. The molecule has 156 valence electrons. The number of hydrogen-bond acceptors (Lipinski definition) is 5. The third-order valence-electron chi connectivity index (χ3n) is 4.71. The van der Waals surface area contributed by atoms with Gasteiger partial charge in [0, 0.05) is 36.1 Å². The van der Waals surface area contributed by atoms with Crippen molar-refractivity contribution in [3.8, 4) is 0 Å². The van der Waals surface area contributed by atoms with Gasteiger partial charge in [0.1, 0.15) is 0 Å². The first kappa shape index (κ1) is 21.4. The number of piperazine rings is 1. The Kier molecular flexibility index (Phi) is 6.35. The van der Waals surface area contributed by atoms with E-state index in [2.05, 4.69) is 4.72 Å². The first-order valence-electron chi connectivity index (χ1n) is 8.79. The highest BCUT2D eigenvalue weighted by molar-refractivity contribution is 7.92. The monoisotopic (exact) mass is 457 g/mol. The molecule has 1 aromatic carbocycles. The van der Waals surface area contributed by atoms with Crippen LogP contribution >= 0.6 is 22.9 Å². The van der Waals surface area contributed by atoms with Crippen molar-refractivity contribution in [1.29, 1.82) is 0 Å². The molecule has 1 fully saturated rings. The molecule has 2 aromatic rings. The van der Waals surface area contributed by atoms with Crippen LogP contribution in [0.5, 0.6) is 0 Å². The molecular formula is C18H20ClN3O5S2. The minimum Gasteiger partial charge on any atom is -0.465 e. The van der Waals surface area contributed by atoms with Crippen molar-refractivity contribution in [2.75, 3.05) is 30.9 Å². The fourth-order valence-electron chi connectivity index (χ4n) is 3.04. The second kappa shape index (κ2) is 8.60. The van der Waals surface area contributed by atoms with Gasteiger partial charge in [-0.2, -0.15) is 0 Å². The Morgan fingerprint density at radius 2 is 1.83 bits per heavy atom. The van der Waals surface area contributed by atoms with Crippen molar-refractivity contribution >= 4 is 50.6 Å². The van der Waals surface area contributed by atoms with Gasteiger partial charge in [-0.25, -0.2) is 13.2 Å². The zero-order valence-electron chi connectivity index (χ0n) is 15.6. The Morgan fingerprint density at radius 3 is 2.48 bits per heavy atom. The molecule has 2 heterocycles. The topological polar surface area (TPSA) is 107 Å². The third kappa shape index (κ3) is 4.82. The molecule has 1 aliphatic rings. The zero-order valence-corrected chi connectivity index (χ0v) is 18.0. The minimum absolute atomic E-state index is 0.0388. The number of thiophene rings is 1. The van der Waals surface area contributed by atoms with E-state index in [9.17, 15) is 18.0 Å².